The molecule has 1 fully saturated rings. The van der Waals surface area contributed by atoms with Crippen LogP contribution >= 0.6 is 11.5 Å². The number of carbonyl (C=O) groups is 1. The minimum atomic E-state index is -0.708. The Morgan fingerprint density at radius 1 is 1.33 bits per heavy atom. The van der Waals surface area contributed by atoms with Crippen LogP contribution in [0.3, 0.4) is 0 Å². The van der Waals surface area contributed by atoms with Gasteiger partial charge in [0.2, 0.25) is 0 Å². The van der Waals surface area contributed by atoms with Crippen LogP contribution in [-0.4, -0.2) is 27.7 Å². The van der Waals surface area contributed by atoms with Gasteiger partial charge in [0.05, 0.1) is 11.3 Å². The maximum absolute atomic E-state index is 11.8. The van der Waals surface area contributed by atoms with Gasteiger partial charge in [0.1, 0.15) is 5.00 Å². The Morgan fingerprint density at radius 2 is 2.10 bits per heavy atom. The number of amides is 2. The van der Waals surface area contributed by atoms with Crippen molar-refractivity contribution in [1.82, 2.24) is 9.69 Å². The van der Waals surface area contributed by atoms with Crippen molar-refractivity contribution in [1.29, 1.82) is 0 Å². The third kappa shape index (κ3) is 3.40. The molecule has 0 atom stereocenters. The molecule has 0 spiro atoms. The molecule has 1 aromatic carbocycles. The Bertz CT molecular complexity index is 623. The SMILES string of the molecule is O=C(NCC1(O)CCC1)Nc1cc(-c2ccccc2)ns1. The van der Waals surface area contributed by atoms with Crippen LogP contribution in [0.2, 0.25) is 0 Å². The molecule has 0 unspecified atom stereocenters. The maximum atomic E-state index is 11.8. The smallest absolute Gasteiger partial charge is 0.319 e. The lowest BCUT2D eigenvalue weighted by molar-refractivity contribution is -0.0287. The first kappa shape index (κ1) is 14.0. The van der Waals surface area contributed by atoms with Gasteiger partial charge >= 0.3 is 6.03 Å². The lowest BCUT2D eigenvalue weighted by Crippen LogP contribution is -2.48. The number of hydrogen-bond acceptors (Lipinski definition) is 4. The molecule has 0 radical (unpaired) electrons. The van der Waals surface area contributed by atoms with E-state index in [-0.39, 0.29) is 6.03 Å². The zero-order valence-electron chi connectivity index (χ0n) is 11.5. The summed E-state index contributed by atoms with van der Waals surface area (Å²) in [6, 6.07) is 11.3. The lowest BCUT2D eigenvalue weighted by atomic mass is 9.80. The minimum absolute atomic E-state index is 0.295. The Balaban J connectivity index is 1.56. The number of rotatable bonds is 4. The van der Waals surface area contributed by atoms with E-state index in [0.29, 0.717) is 11.5 Å². The van der Waals surface area contributed by atoms with E-state index in [9.17, 15) is 9.90 Å². The van der Waals surface area contributed by atoms with Crippen molar-refractivity contribution in [3.05, 3.63) is 36.4 Å². The second-order valence-corrected chi connectivity index (χ2v) is 6.13. The normalized spacial score (nSPS) is 16.0. The van der Waals surface area contributed by atoms with Crippen LogP contribution < -0.4 is 10.6 Å². The minimum Gasteiger partial charge on any atom is -0.388 e. The molecule has 1 aliphatic rings. The molecule has 6 heteroatoms. The van der Waals surface area contributed by atoms with Gasteiger partial charge in [-0.2, -0.15) is 4.37 Å². The summed E-state index contributed by atoms with van der Waals surface area (Å²) >= 11 is 1.24. The van der Waals surface area contributed by atoms with Crippen molar-refractivity contribution >= 4 is 22.6 Å². The zero-order valence-corrected chi connectivity index (χ0v) is 12.3. The molecule has 3 N–H and O–H groups in total. The highest BCUT2D eigenvalue weighted by Gasteiger charge is 2.34. The van der Waals surface area contributed by atoms with Gasteiger partial charge in [-0.1, -0.05) is 30.3 Å². The lowest BCUT2D eigenvalue weighted by Gasteiger charge is -2.36. The van der Waals surface area contributed by atoms with Gasteiger partial charge in [0.15, 0.2) is 0 Å². The van der Waals surface area contributed by atoms with Gasteiger partial charge in [-0.25, -0.2) is 4.79 Å². The number of nitrogens with zero attached hydrogens (tertiary/aromatic N) is 1. The Morgan fingerprint density at radius 3 is 2.76 bits per heavy atom. The summed E-state index contributed by atoms with van der Waals surface area (Å²) in [6.07, 6.45) is 2.53. The number of benzene rings is 1. The van der Waals surface area contributed by atoms with Crippen LogP contribution in [0, 0.1) is 0 Å². The Labute approximate surface area is 127 Å². The third-order valence-electron chi connectivity index (χ3n) is 3.68. The Kier molecular flexibility index (Phi) is 3.90. The van der Waals surface area contributed by atoms with Crippen molar-refractivity contribution in [2.75, 3.05) is 11.9 Å². The van der Waals surface area contributed by atoms with Crippen LogP contribution in [0.15, 0.2) is 36.4 Å². The molecule has 2 aromatic rings. The summed E-state index contributed by atoms with van der Waals surface area (Å²) < 4.78 is 4.33. The zero-order chi connectivity index (χ0) is 14.7. The van der Waals surface area contributed by atoms with Crippen molar-refractivity contribution in [2.45, 2.75) is 24.9 Å². The standard InChI is InChI=1S/C15H17N3O2S/c19-14(16-10-15(20)7-4-8-15)17-13-9-12(18-21-13)11-5-2-1-3-6-11/h1-3,5-6,9,20H,4,7-8,10H2,(H2,16,17,19). The molecule has 1 heterocycles. The number of anilines is 1. The first-order valence-corrected chi connectivity index (χ1v) is 7.71. The van der Waals surface area contributed by atoms with E-state index in [1.807, 2.05) is 36.4 Å². The summed E-state index contributed by atoms with van der Waals surface area (Å²) in [6.45, 7) is 0.295. The van der Waals surface area contributed by atoms with Crippen LogP contribution in [0.4, 0.5) is 9.80 Å². The average molecular weight is 303 g/mol. The van der Waals surface area contributed by atoms with Crippen molar-refractivity contribution in [3.63, 3.8) is 0 Å². The van der Waals surface area contributed by atoms with Gasteiger partial charge < -0.3 is 10.4 Å². The van der Waals surface area contributed by atoms with E-state index in [4.69, 9.17) is 0 Å². The highest BCUT2D eigenvalue weighted by Crippen LogP contribution is 2.30. The fourth-order valence-corrected chi connectivity index (χ4v) is 2.90. The van der Waals surface area contributed by atoms with E-state index < -0.39 is 5.60 Å². The largest absolute Gasteiger partial charge is 0.388 e. The number of urea groups is 1. The maximum Gasteiger partial charge on any atom is 0.319 e. The van der Waals surface area contributed by atoms with Gasteiger partial charge in [0.25, 0.3) is 0 Å². The van der Waals surface area contributed by atoms with Crippen LogP contribution in [-0.2, 0) is 0 Å². The highest BCUT2D eigenvalue weighted by atomic mass is 32.1. The summed E-state index contributed by atoms with van der Waals surface area (Å²) in [5.74, 6) is 0. The molecular weight excluding hydrogens is 286 g/mol. The van der Waals surface area contributed by atoms with Gasteiger partial charge in [-0.15, -0.1) is 0 Å². The van der Waals surface area contributed by atoms with E-state index in [1.54, 1.807) is 0 Å². The number of nitrogens with one attached hydrogen (secondary N) is 2. The fraction of sp³-hybridized carbons (Fsp3) is 0.333. The number of aromatic nitrogens is 1. The van der Waals surface area contributed by atoms with Gasteiger partial charge in [0, 0.05) is 18.2 Å². The Hall–Kier alpha value is -1.92. The molecule has 1 aromatic heterocycles. The predicted octanol–water partition coefficient (Wildman–Crippen LogP) is 2.85. The second kappa shape index (κ2) is 5.83. The fourth-order valence-electron chi connectivity index (χ4n) is 2.24. The topological polar surface area (TPSA) is 74.2 Å². The van der Waals surface area contributed by atoms with Crippen molar-refractivity contribution in [2.24, 2.45) is 0 Å². The summed E-state index contributed by atoms with van der Waals surface area (Å²) in [7, 11) is 0. The molecule has 3 rings (SSSR count). The van der Waals surface area contributed by atoms with E-state index in [0.717, 1.165) is 30.5 Å². The monoisotopic (exact) mass is 303 g/mol. The molecule has 1 aliphatic carbocycles. The third-order valence-corrected chi connectivity index (χ3v) is 4.38. The van der Waals surface area contributed by atoms with Crippen LogP contribution in [0.5, 0.6) is 0 Å². The highest BCUT2D eigenvalue weighted by molar-refractivity contribution is 7.10. The van der Waals surface area contributed by atoms with Gasteiger partial charge in [-0.3, -0.25) is 5.32 Å². The van der Waals surface area contributed by atoms with E-state index in [1.165, 1.54) is 11.5 Å². The van der Waals surface area contributed by atoms with E-state index >= 15 is 0 Å². The molecule has 110 valence electrons. The number of hydrogen-bond donors (Lipinski definition) is 3. The van der Waals surface area contributed by atoms with Crippen molar-refractivity contribution < 1.29 is 9.90 Å². The first-order valence-electron chi connectivity index (χ1n) is 6.94. The predicted molar refractivity (Wildman–Crippen MR) is 83.4 cm³/mol. The van der Waals surface area contributed by atoms with Crippen LogP contribution in [0.1, 0.15) is 19.3 Å². The molecule has 21 heavy (non-hydrogen) atoms. The molecule has 2 amide bonds. The average Bonchev–Trinajstić information content (AvgIpc) is 2.92. The number of carbonyl (C=O) groups excluding carboxylic acids is 1. The first-order chi connectivity index (χ1) is 10.1. The van der Waals surface area contributed by atoms with Crippen LogP contribution in [0.25, 0.3) is 11.3 Å². The molecular formula is C15H17N3O2S. The summed E-state index contributed by atoms with van der Waals surface area (Å²) in [4.78, 5) is 11.8. The molecule has 5 nitrogen and oxygen atoms in total. The molecule has 1 saturated carbocycles. The molecule has 0 bridgehead atoms. The molecule has 0 saturated heterocycles. The van der Waals surface area contributed by atoms with Crippen molar-refractivity contribution in [3.8, 4) is 11.3 Å². The number of aliphatic hydroxyl groups is 1. The summed E-state index contributed by atoms with van der Waals surface area (Å²) in [5.41, 5.74) is 1.15. The van der Waals surface area contributed by atoms with E-state index in [2.05, 4.69) is 15.0 Å². The van der Waals surface area contributed by atoms with Gasteiger partial charge in [-0.05, 0) is 30.8 Å². The second-order valence-electron chi connectivity index (χ2n) is 5.33. The quantitative estimate of drug-likeness (QED) is 0.813. The summed E-state index contributed by atoms with van der Waals surface area (Å²) in [5, 5.41) is 16.1. The molecule has 0 aliphatic heterocycles.